The highest BCUT2D eigenvalue weighted by atomic mass is 32.1. The van der Waals surface area contributed by atoms with Crippen LogP contribution < -0.4 is 5.32 Å². The molecule has 3 atom stereocenters. The van der Waals surface area contributed by atoms with Gasteiger partial charge >= 0.3 is 6.09 Å². The number of hydrogen-bond donors (Lipinski definition) is 1. The highest BCUT2D eigenvalue weighted by molar-refractivity contribution is 7.13. The van der Waals surface area contributed by atoms with Crippen molar-refractivity contribution in [1.82, 2.24) is 35.1 Å². The van der Waals surface area contributed by atoms with Crippen molar-refractivity contribution in [2.24, 2.45) is 11.3 Å². The van der Waals surface area contributed by atoms with Gasteiger partial charge in [0.05, 0.1) is 27.9 Å². The first kappa shape index (κ1) is 43.5. The second-order valence-corrected chi connectivity index (χ2v) is 24.9. The van der Waals surface area contributed by atoms with Gasteiger partial charge in [-0.3, -0.25) is 9.59 Å². The average molecular weight is 808 g/mol. The van der Waals surface area contributed by atoms with Crippen LogP contribution in [0.4, 0.5) is 4.79 Å². The molecule has 0 saturated carbocycles. The summed E-state index contributed by atoms with van der Waals surface area (Å²) in [6.07, 6.45) is 5.28. The number of hydrogen-bond acceptors (Lipinski definition) is 9. The number of rotatable bonds is 11. The summed E-state index contributed by atoms with van der Waals surface area (Å²) in [5.41, 5.74) is 4.73. The number of amides is 3. The molecule has 14 heteroatoms. The van der Waals surface area contributed by atoms with E-state index in [0.717, 1.165) is 53.1 Å². The summed E-state index contributed by atoms with van der Waals surface area (Å²) in [4.78, 5) is 50.5. The lowest BCUT2D eigenvalue weighted by Gasteiger charge is -2.38. The third-order valence-electron chi connectivity index (χ3n) is 11.5. The normalized spacial score (nSPS) is 19.3. The molecule has 0 aliphatic carbocycles. The maximum atomic E-state index is 14.8. The Morgan fingerprint density at radius 2 is 1.66 bits per heavy atom. The summed E-state index contributed by atoms with van der Waals surface area (Å²) in [6, 6.07) is 6.82. The Bertz CT molecular complexity index is 1810. The van der Waals surface area contributed by atoms with E-state index in [1.807, 2.05) is 72.3 Å². The molecule has 308 valence electrons. The smallest absolute Gasteiger partial charge is 0.410 e. The van der Waals surface area contributed by atoms with E-state index < -0.39 is 31.4 Å². The van der Waals surface area contributed by atoms with Crippen LogP contribution in [0, 0.1) is 18.3 Å². The number of aromatic nitrogens is 4. The Balaban J connectivity index is 1.28. The van der Waals surface area contributed by atoms with Gasteiger partial charge in [0.25, 0.3) is 0 Å². The van der Waals surface area contributed by atoms with Crippen molar-refractivity contribution >= 4 is 37.6 Å². The van der Waals surface area contributed by atoms with E-state index in [9.17, 15) is 14.4 Å². The molecular weight excluding hydrogens is 743 g/mol. The highest BCUT2D eigenvalue weighted by Gasteiger charge is 2.48. The molecule has 2 aromatic heterocycles. The Hall–Kier alpha value is -3.62. The number of carbonyl (C=O) groups excluding carboxylic acids is 3. The third-order valence-corrected chi connectivity index (χ3v) is 17.0. The van der Waals surface area contributed by atoms with Gasteiger partial charge in [0.15, 0.2) is 8.32 Å². The SMILES string of the molecule is Cc1ncsc1-c1ccc(CNC(=O)[C@@H]2C[C@@H](O[Si](C)(C)C(C)(C)C)CN2C(=O)[C@@H](n2cc(CCC3CCN(C(=O)OC(C)(C)C)CC3)nn2)C(C)(C)C)cc1. The van der Waals surface area contributed by atoms with Crippen molar-refractivity contribution in [3.8, 4) is 10.4 Å². The maximum Gasteiger partial charge on any atom is 0.410 e. The largest absolute Gasteiger partial charge is 0.444 e. The fourth-order valence-electron chi connectivity index (χ4n) is 7.30. The number of aryl methyl sites for hydroxylation is 2. The lowest BCUT2D eigenvalue weighted by molar-refractivity contribution is -0.144. The van der Waals surface area contributed by atoms with Crippen LogP contribution in [-0.2, 0) is 31.7 Å². The van der Waals surface area contributed by atoms with E-state index in [1.54, 1.807) is 25.8 Å². The van der Waals surface area contributed by atoms with E-state index in [-0.39, 0.29) is 29.0 Å². The first-order chi connectivity index (χ1) is 26.0. The number of ether oxygens (including phenoxy) is 1. The van der Waals surface area contributed by atoms with Crippen molar-refractivity contribution in [2.45, 2.75) is 150 Å². The fraction of sp³-hybridized carbons (Fsp3) is 0.667. The number of nitrogens with zero attached hydrogens (tertiary/aromatic N) is 6. The molecule has 0 radical (unpaired) electrons. The third kappa shape index (κ3) is 10.9. The van der Waals surface area contributed by atoms with Crippen LogP contribution in [0.1, 0.15) is 111 Å². The fourth-order valence-corrected chi connectivity index (χ4v) is 9.47. The molecule has 5 rings (SSSR count). The molecule has 2 aliphatic rings. The number of thiazole rings is 1. The average Bonchev–Trinajstić information content (AvgIpc) is 3.85. The summed E-state index contributed by atoms with van der Waals surface area (Å²) in [7, 11) is -2.20. The Kier molecular flexibility index (Phi) is 13.3. The molecule has 0 bridgehead atoms. The van der Waals surface area contributed by atoms with E-state index >= 15 is 0 Å². The first-order valence-electron chi connectivity index (χ1n) is 20.2. The monoisotopic (exact) mass is 807 g/mol. The van der Waals surface area contributed by atoms with Crippen molar-refractivity contribution in [3.63, 3.8) is 0 Å². The summed E-state index contributed by atoms with van der Waals surface area (Å²) in [6.45, 7) is 26.8. The minimum absolute atomic E-state index is 0.0216. The van der Waals surface area contributed by atoms with E-state index in [1.165, 1.54) is 0 Å². The molecular formula is C42H65N7O5SSi. The van der Waals surface area contributed by atoms with Gasteiger partial charge in [0.1, 0.15) is 17.7 Å². The van der Waals surface area contributed by atoms with E-state index in [2.05, 4.69) is 66.6 Å². The topological polar surface area (TPSA) is 132 Å². The molecule has 0 spiro atoms. The molecule has 1 N–H and O–H groups in total. The zero-order valence-electron chi connectivity index (χ0n) is 35.8. The van der Waals surface area contributed by atoms with Gasteiger partial charge in [0, 0.05) is 38.8 Å². The predicted molar refractivity (Wildman–Crippen MR) is 224 cm³/mol. The standard InChI is InChI=1S/C42H65N7O5SSi/c1-28-35(55-27-44-28)31-16-13-30(14-17-31)24-43-37(50)34-23-33(54-56(11,12)42(8,9)10)26-48(34)38(51)36(40(2,3)4)49-25-32(45-46-49)18-15-29-19-21-47(22-20-29)39(52)53-41(5,6)7/h13-14,16-17,25,27,29,33-34,36H,15,18-24,26H2,1-12H3,(H,43,50)/t33-,34+,36-/m1/s1. The molecule has 12 nitrogen and oxygen atoms in total. The van der Waals surface area contributed by atoms with Crippen LogP contribution in [0.5, 0.6) is 0 Å². The zero-order valence-corrected chi connectivity index (χ0v) is 37.6. The summed E-state index contributed by atoms with van der Waals surface area (Å²) < 4.78 is 14.1. The van der Waals surface area contributed by atoms with Crippen LogP contribution in [0.25, 0.3) is 10.4 Å². The quantitative estimate of drug-likeness (QED) is 0.192. The minimum atomic E-state index is -2.20. The van der Waals surface area contributed by atoms with Crippen LogP contribution in [0.2, 0.25) is 18.1 Å². The van der Waals surface area contributed by atoms with E-state index in [0.29, 0.717) is 38.5 Å². The van der Waals surface area contributed by atoms with Gasteiger partial charge in [-0.1, -0.05) is 71.0 Å². The summed E-state index contributed by atoms with van der Waals surface area (Å²) in [5, 5.41) is 12.2. The van der Waals surface area contributed by atoms with Crippen molar-refractivity contribution in [1.29, 1.82) is 0 Å². The van der Waals surface area contributed by atoms with Crippen LogP contribution in [0.3, 0.4) is 0 Å². The Labute approximate surface area is 339 Å². The number of likely N-dealkylation sites (tertiary alicyclic amines) is 2. The van der Waals surface area contributed by atoms with Gasteiger partial charge in [-0.05, 0) is 94.0 Å². The van der Waals surface area contributed by atoms with Gasteiger partial charge in [0.2, 0.25) is 11.8 Å². The van der Waals surface area contributed by atoms with Crippen LogP contribution in [0.15, 0.2) is 36.0 Å². The second-order valence-electron chi connectivity index (χ2n) is 19.3. The first-order valence-corrected chi connectivity index (χ1v) is 24.0. The Morgan fingerprint density at radius 3 is 2.23 bits per heavy atom. The van der Waals surface area contributed by atoms with Gasteiger partial charge in [-0.2, -0.15) is 0 Å². The van der Waals surface area contributed by atoms with Gasteiger partial charge in [-0.25, -0.2) is 14.5 Å². The molecule has 3 amide bonds. The lowest BCUT2D eigenvalue weighted by atomic mass is 9.85. The van der Waals surface area contributed by atoms with Gasteiger partial charge < -0.3 is 24.3 Å². The van der Waals surface area contributed by atoms with Crippen molar-refractivity contribution in [2.75, 3.05) is 19.6 Å². The molecule has 2 fully saturated rings. The lowest BCUT2D eigenvalue weighted by Crippen LogP contribution is -2.50. The van der Waals surface area contributed by atoms with Crippen molar-refractivity contribution < 1.29 is 23.5 Å². The highest BCUT2D eigenvalue weighted by Crippen LogP contribution is 2.40. The molecule has 0 unspecified atom stereocenters. The predicted octanol–water partition coefficient (Wildman–Crippen LogP) is 8.18. The minimum Gasteiger partial charge on any atom is -0.444 e. The van der Waals surface area contributed by atoms with E-state index in [4.69, 9.17) is 9.16 Å². The molecule has 2 saturated heterocycles. The molecule has 4 heterocycles. The molecule has 2 aliphatic heterocycles. The summed E-state index contributed by atoms with van der Waals surface area (Å²) in [5.74, 6) is 0.113. The number of carbonyl (C=O) groups is 3. The maximum absolute atomic E-state index is 14.8. The number of piperidine rings is 1. The summed E-state index contributed by atoms with van der Waals surface area (Å²) >= 11 is 1.61. The van der Waals surface area contributed by atoms with Crippen molar-refractivity contribution in [3.05, 3.63) is 52.9 Å². The van der Waals surface area contributed by atoms with Crippen LogP contribution >= 0.6 is 11.3 Å². The second kappa shape index (κ2) is 17.1. The molecule has 1 aromatic carbocycles. The Morgan fingerprint density at radius 1 is 1.00 bits per heavy atom. The molecule has 3 aromatic rings. The van der Waals surface area contributed by atoms with Crippen LogP contribution in [-0.4, -0.2) is 93.4 Å². The number of benzene rings is 1. The molecule has 56 heavy (non-hydrogen) atoms. The zero-order chi connectivity index (χ0) is 41.2. The number of nitrogens with one attached hydrogen (secondary N) is 1. The van der Waals surface area contributed by atoms with Gasteiger partial charge in [-0.15, -0.1) is 16.4 Å².